The molecule has 0 radical (unpaired) electrons. The van der Waals surface area contributed by atoms with Gasteiger partial charge in [0.2, 0.25) is 0 Å². The molecule has 0 bridgehead atoms. The molecular weight excluding hydrogens is 425 g/mol. The van der Waals surface area contributed by atoms with Crippen LogP contribution in [0.2, 0.25) is 0 Å². The Labute approximate surface area is 158 Å². The third-order valence-corrected chi connectivity index (χ3v) is 6.19. The van der Waals surface area contributed by atoms with Crippen molar-refractivity contribution in [3.05, 3.63) is 64.0 Å². The molecule has 5 nitrogen and oxygen atoms in total. The van der Waals surface area contributed by atoms with Crippen molar-refractivity contribution in [1.29, 1.82) is 0 Å². The highest BCUT2D eigenvalue weighted by Crippen LogP contribution is 2.30. The van der Waals surface area contributed by atoms with Crippen LogP contribution >= 0.6 is 15.9 Å². The quantitative estimate of drug-likeness (QED) is 0.569. The lowest BCUT2D eigenvalue weighted by Gasteiger charge is -2.12. The number of esters is 1. The molecule has 0 aliphatic carbocycles. The minimum atomic E-state index is -4.09. The van der Waals surface area contributed by atoms with E-state index >= 15 is 0 Å². The Bertz CT molecular complexity index is 1100. The highest BCUT2D eigenvalue weighted by Gasteiger charge is 2.27. The van der Waals surface area contributed by atoms with E-state index in [0.29, 0.717) is 0 Å². The molecule has 0 saturated heterocycles. The smallest absolute Gasteiger partial charge is 0.356 e. The molecule has 26 heavy (non-hydrogen) atoms. The van der Waals surface area contributed by atoms with Gasteiger partial charge in [0, 0.05) is 5.39 Å². The van der Waals surface area contributed by atoms with Gasteiger partial charge in [0.1, 0.15) is 11.5 Å². The summed E-state index contributed by atoms with van der Waals surface area (Å²) >= 11 is 3.06. The van der Waals surface area contributed by atoms with Crippen LogP contribution in [0, 0.1) is 12.7 Å². The Morgan fingerprint density at radius 1 is 1.19 bits per heavy atom. The fraction of sp³-hybridized carbons (Fsp3) is 0.167. The van der Waals surface area contributed by atoms with Crippen molar-refractivity contribution in [2.75, 3.05) is 6.61 Å². The van der Waals surface area contributed by atoms with Crippen molar-refractivity contribution < 1.29 is 22.3 Å². The first-order valence-electron chi connectivity index (χ1n) is 7.75. The highest BCUT2D eigenvalue weighted by molar-refractivity contribution is 9.10. The van der Waals surface area contributed by atoms with E-state index in [1.807, 2.05) is 6.92 Å². The second kappa shape index (κ2) is 6.85. The van der Waals surface area contributed by atoms with Gasteiger partial charge in [-0.3, -0.25) is 0 Å². The zero-order valence-electron chi connectivity index (χ0n) is 14.0. The summed E-state index contributed by atoms with van der Waals surface area (Å²) in [6, 6.07) is 10.1. The Balaban J connectivity index is 2.34. The predicted molar refractivity (Wildman–Crippen MR) is 99.3 cm³/mol. The Morgan fingerprint density at radius 3 is 2.46 bits per heavy atom. The molecule has 3 rings (SSSR count). The number of aryl methyl sites for hydroxylation is 1. The highest BCUT2D eigenvalue weighted by atomic mass is 79.9. The van der Waals surface area contributed by atoms with E-state index in [0.717, 1.165) is 9.54 Å². The van der Waals surface area contributed by atoms with Crippen molar-refractivity contribution >= 4 is 42.8 Å². The van der Waals surface area contributed by atoms with Gasteiger partial charge in [-0.05, 0) is 60.1 Å². The molecule has 0 spiro atoms. The summed E-state index contributed by atoms with van der Waals surface area (Å²) in [5.41, 5.74) is 0.901. The lowest BCUT2D eigenvalue weighted by atomic mass is 10.2. The Morgan fingerprint density at radius 2 is 1.85 bits per heavy atom. The minimum Gasteiger partial charge on any atom is -0.461 e. The molecule has 3 aromatic rings. The fourth-order valence-corrected chi connectivity index (χ4v) is 4.43. The van der Waals surface area contributed by atoms with Crippen LogP contribution in [0.4, 0.5) is 4.39 Å². The monoisotopic (exact) mass is 439 g/mol. The van der Waals surface area contributed by atoms with Gasteiger partial charge in [0.05, 0.1) is 21.5 Å². The summed E-state index contributed by atoms with van der Waals surface area (Å²) in [5.74, 6) is -1.35. The van der Waals surface area contributed by atoms with Crippen molar-refractivity contribution in [1.82, 2.24) is 3.97 Å². The number of benzene rings is 2. The number of carbonyl (C=O) groups is 1. The van der Waals surface area contributed by atoms with Gasteiger partial charge in [-0.15, -0.1) is 0 Å². The fourth-order valence-electron chi connectivity index (χ4n) is 2.60. The molecule has 0 N–H and O–H groups in total. The molecule has 0 aliphatic heterocycles. The first-order valence-corrected chi connectivity index (χ1v) is 9.99. The SMILES string of the molecule is CCOC(=O)c1cc2cc(F)c(Br)cc2n1S(=O)(=O)c1ccc(C)cc1. The topological polar surface area (TPSA) is 65.4 Å². The van der Waals surface area contributed by atoms with Crippen LogP contribution in [-0.4, -0.2) is 25.0 Å². The molecule has 0 saturated carbocycles. The van der Waals surface area contributed by atoms with E-state index in [4.69, 9.17) is 4.74 Å². The molecule has 0 amide bonds. The van der Waals surface area contributed by atoms with Crippen LogP contribution in [0.5, 0.6) is 0 Å². The zero-order chi connectivity index (χ0) is 19.1. The summed E-state index contributed by atoms with van der Waals surface area (Å²) < 4.78 is 46.2. The maximum Gasteiger partial charge on any atom is 0.356 e. The van der Waals surface area contributed by atoms with Crippen molar-refractivity contribution in [3.63, 3.8) is 0 Å². The molecule has 136 valence electrons. The molecule has 8 heteroatoms. The number of rotatable bonds is 4. The van der Waals surface area contributed by atoms with Gasteiger partial charge in [-0.25, -0.2) is 21.6 Å². The number of nitrogens with zero attached hydrogens (tertiary/aromatic N) is 1. The molecule has 0 atom stereocenters. The van der Waals surface area contributed by atoms with E-state index in [1.165, 1.54) is 30.3 Å². The number of fused-ring (bicyclic) bond motifs is 1. The number of aromatic nitrogens is 1. The summed E-state index contributed by atoms with van der Waals surface area (Å²) in [5, 5.41) is 0.282. The third-order valence-electron chi connectivity index (χ3n) is 3.84. The number of halogens is 2. The standard InChI is InChI=1S/C18H15BrFNO4S/c1-3-25-18(22)17-9-12-8-15(20)14(19)10-16(12)21(17)26(23,24)13-6-4-11(2)5-7-13/h4-10H,3H2,1-2H3. The number of ether oxygens (including phenoxy) is 1. The maximum atomic E-state index is 13.9. The molecule has 1 aromatic heterocycles. The Hall–Kier alpha value is -2.19. The van der Waals surface area contributed by atoms with Gasteiger partial charge in [0.25, 0.3) is 10.0 Å². The van der Waals surface area contributed by atoms with Crippen LogP contribution in [0.25, 0.3) is 10.9 Å². The first kappa shape index (κ1) is 18.6. The third kappa shape index (κ3) is 3.14. The summed E-state index contributed by atoms with van der Waals surface area (Å²) in [4.78, 5) is 12.3. The molecule has 2 aromatic carbocycles. The van der Waals surface area contributed by atoms with Crippen molar-refractivity contribution in [3.8, 4) is 0 Å². The molecule has 1 heterocycles. The lowest BCUT2D eigenvalue weighted by molar-refractivity contribution is 0.0518. The van der Waals surface area contributed by atoms with Crippen LogP contribution < -0.4 is 0 Å². The maximum absolute atomic E-state index is 13.9. The number of hydrogen-bond donors (Lipinski definition) is 0. The van der Waals surface area contributed by atoms with Crippen molar-refractivity contribution in [2.45, 2.75) is 18.7 Å². The van der Waals surface area contributed by atoms with Gasteiger partial charge in [-0.2, -0.15) is 0 Å². The van der Waals surface area contributed by atoms with Gasteiger partial charge >= 0.3 is 5.97 Å². The second-order valence-electron chi connectivity index (χ2n) is 5.66. The van der Waals surface area contributed by atoms with E-state index in [1.54, 1.807) is 19.1 Å². The van der Waals surface area contributed by atoms with Crippen LogP contribution in [0.3, 0.4) is 0 Å². The predicted octanol–water partition coefficient (Wildman–Crippen LogP) is 4.27. The van der Waals surface area contributed by atoms with E-state index in [9.17, 15) is 17.6 Å². The molecular formula is C18H15BrFNO4S. The van der Waals surface area contributed by atoms with Gasteiger partial charge in [0.15, 0.2) is 0 Å². The minimum absolute atomic E-state index is 0.0200. The van der Waals surface area contributed by atoms with Crippen LogP contribution in [-0.2, 0) is 14.8 Å². The number of carbonyl (C=O) groups excluding carboxylic acids is 1. The lowest BCUT2D eigenvalue weighted by Crippen LogP contribution is -2.19. The largest absolute Gasteiger partial charge is 0.461 e. The molecule has 0 unspecified atom stereocenters. The number of hydrogen-bond acceptors (Lipinski definition) is 4. The first-order chi connectivity index (χ1) is 12.3. The van der Waals surface area contributed by atoms with Gasteiger partial charge < -0.3 is 4.74 Å². The average molecular weight is 440 g/mol. The van der Waals surface area contributed by atoms with E-state index in [2.05, 4.69) is 15.9 Å². The van der Waals surface area contributed by atoms with E-state index in [-0.39, 0.29) is 32.6 Å². The zero-order valence-corrected chi connectivity index (χ0v) is 16.4. The summed E-state index contributed by atoms with van der Waals surface area (Å²) in [6.45, 7) is 3.55. The second-order valence-corrected chi connectivity index (χ2v) is 8.30. The Kier molecular flexibility index (Phi) is 4.90. The average Bonchev–Trinajstić information content (AvgIpc) is 2.95. The van der Waals surface area contributed by atoms with Crippen LogP contribution in [0.1, 0.15) is 23.0 Å². The summed E-state index contributed by atoms with van der Waals surface area (Å²) in [7, 11) is -4.09. The van der Waals surface area contributed by atoms with Gasteiger partial charge in [-0.1, -0.05) is 17.7 Å². The van der Waals surface area contributed by atoms with Crippen molar-refractivity contribution in [2.24, 2.45) is 0 Å². The normalized spacial score (nSPS) is 11.7. The van der Waals surface area contributed by atoms with Crippen LogP contribution in [0.15, 0.2) is 51.8 Å². The molecule has 0 fully saturated rings. The summed E-state index contributed by atoms with van der Waals surface area (Å²) in [6.07, 6.45) is 0. The van der Waals surface area contributed by atoms with E-state index < -0.39 is 21.8 Å². The molecule has 0 aliphatic rings.